The Morgan fingerprint density at radius 3 is 2.10 bits per heavy atom. The molecule has 0 aromatic heterocycles. The minimum Gasteiger partial charge on any atom is -0.465 e. The fraction of sp³-hybridized carbons (Fsp3) is 0.125. The second kappa shape index (κ2) is 6.56. The van der Waals surface area contributed by atoms with Gasteiger partial charge in [-0.15, -0.1) is 0 Å². The summed E-state index contributed by atoms with van der Waals surface area (Å²) in [6.07, 6.45) is 0. The van der Waals surface area contributed by atoms with Gasteiger partial charge in [-0.2, -0.15) is 0 Å². The van der Waals surface area contributed by atoms with Crippen LogP contribution in [-0.4, -0.2) is 26.0 Å². The molecule has 0 bridgehead atoms. The molecule has 5 heteroatoms. The lowest BCUT2D eigenvalue weighted by atomic mass is 10.1. The molecule has 2 aromatic carbocycles. The van der Waals surface area contributed by atoms with Gasteiger partial charge in [0, 0.05) is 12.7 Å². The van der Waals surface area contributed by atoms with Gasteiger partial charge in [-0.25, -0.2) is 4.79 Å². The molecule has 0 fully saturated rings. The van der Waals surface area contributed by atoms with Crippen LogP contribution in [-0.2, 0) is 4.74 Å². The fourth-order valence-corrected chi connectivity index (χ4v) is 1.97. The van der Waals surface area contributed by atoms with Crippen LogP contribution >= 0.6 is 0 Å². The van der Waals surface area contributed by atoms with Gasteiger partial charge in [-0.05, 0) is 24.3 Å². The third kappa shape index (κ3) is 3.20. The highest BCUT2D eigenvalue weighted by Gasteiger charge is 2.15. The van der Waals surface area contributed by atoms with Gasteiger partial charge < -0.3 is 15.4 Å². The molecular weight excluding hydrogens is 268 g/mol. The number of rotatable bonds is 4. The van der Waals surface area contributed by atoms with Crippen LogP contribution in [0.25, 0.3) is 0 Å². The van der Waals surface area contributed by atoms with Crippen LogP contribution in [0, 0.1) is 0 Å². The topological polar surface area (TPSA) is 67.4 Å². The van der Waals surface area contributed by atoms with E-state index in [1.54, 1.807) is 49.5 Å². The highest BCUT2D eigenvalue weighted by molar-refractivity contribution is 6.10. The van der Waals surface area contributed by atoms with Gasteiger partial charge in [0.15, 0.2) is 0 Å². The van der Waals surface area contributed by atoms with E-state index in [1.165, 1.54) is 7.11 Å². The monoisotopic (exact) mass is 284 g/mol. The Labute approximate surface area is 122 Å². The molecule has 0 saturated heterocycles. The first-order chi connectivity index (χ1) is 10.2. The van der Waals surface area contributed by atoms with Crippen molar-refractivity contribution in [1.29, 1.82) is 0 Å². The number of nitrogens with one attached hydrogen (secondary N) is 2. The zero-order valence-corrected chi connectivity index (χ0v) is 11.8. The number of esters is 1. The first-order valence-electron chi connectivity index (χ1n) is 6.43. The molecule has 0 spiro atoms. The molecular formula is C16H16N2O3. The zero-order chi connectivity index (χ0) is 15.2. The van der Waals surface area contributed by atoms with E-state index in [1.807, 2.05) is 6.07 Å². The van der Waals surface area contributed by atoms with Crippen molar-refractivity contribution in [3.63, 3.8) is 0 Å². The van der Waals surface area contributed by atoms with Gasteiger partial charge >= 0.3 is 5.97 Å². The number of carbonyl (C=O) groups is 2. The van der Waals surface area contributed by atoms with Gasteiger partial charge in [0.05, 0.1) is 23.9 Å². The van der Waals surface area contributed by atoms with E-state index in [-0.39, 0.29) is 5.91 Å². The van der Waals surface area contributed by atoms with Crippen LogP contribution in [0.4, 0.5) is 11.4 Å². The van der Waals surface area contributed by atoms with Crippen molar-refractivity contribution in [2.45, 2.75) is 0 Å². The Balaban J connectivity index is 2.30. The number of hydrogen-bond donors (Lipinski definition) is 2. The van der Waals surface area contributed by atoms with Crippen molar-refractivity contribution in [2.24, 2.45) is 0 Å². The predicted molar refractivity (Wildman–Crippen MR) is 81.7 cm³/mol. The number of hydrogen-bond acceptors (Lipinski definition) is 4. The van der Waals surface area contributed by atoms with Crippen LogP contribution < -0.4 is 10.6 Å². The van der Waals surface area contributed by atoms with Crippen molar-refractivity contribution in [2.75, 3.05) is 24.8 Å². The van der Waals surface area contributed by atoms with E-state index in [4.69, 9.17) is 4.74 Å². The predicted octanol–water partition coefficient (Wildman–Crippen LogP) is 2.77. The van der Waals surface area contributed by atoms with E-state index in [0.717, 1.165) is 0 Å². The van der Waals surface area contributed by atoms with Crippen molar-refractivity contribution in [3.8, 4) is 0 Å². The molecule has 1 amide bonds. The molecule has 0 heterocycles. The van der Waals surface area contributed by atoms with Crippen LogP contribution in [0.5, 0.6) is 0 Å². The van der Waals surface area contributed by atoms with E-state index >= 15 is 0 Å². The molecule has 0 aliphatic heterocycles. The van der Waals surface area contributed by atoms with Gasteiger partial charge in [0.25, 0.3) is 5.91 Å². The maximum atomic E-state index is 12.4. The van der Waals surface area contributed by atoms with Gasteiger partial charge in [0.1, 0.15) is 0 Å². The summed E-state index contributed by atoms with van der Waals surface area (Å²) in [5, 5.41) is 5.70. The van der Waals surface area contributed by atoms with Crippen molar-refractivity contribution < 1.29 is 14.3 Å². The SMILES string of the molecule is CNc1ccccc1C(=O)Nc1ccccc1C(=O)OC. The summed E-state index contributed by atoms with van der Waals surface area (Å²) >= 11 is 0. The highest BCUT2D eigenvalue weighted by Crippen LogP contribution is 2.20. The Hall–Kier alpha value is -2.82. The summed E-state index contributed by atoms with van der Waals surface area (Å²) < 4.78 is 4.71. The standard InChI is InChI=1S/C16H16N2O3/c1-17-13-9-5-3-7-11(13)15(19)18-14-10-6-4-8-12(14)16(20)21-2/h3-10,17H,1-2H3,(H,18,19). The quantitative estimate of drug-likeness (QED) is 0.847. The Morgan fingerprint density at radius 2 is 1.48 bits per heavy atom. The first-order valence-corrected chi connectivity index (χ1v) is 6.43. The second-order valence-electron chi connectivity index (χ2n) is 4.29. The number of methoxy groups -OCH3 is 1. The summed E-state index contributed by atoms with van der Waals surface area (Å²) in [6, 6.07) is 13.9. The van der Waals surface area contributed by atoms with E-state index in [0.29, 0.717) is 22.5 Å². The van der Waals surface area contributed by atoms with Gasteiger partial charge in [-0.3, -0.25) is 4.79 Å². The van der Waals surface area contributed by atoms with Crippen molar-refractivity contribution >= 4 is 23.3 Å². The molecule has 2 aromatic rings. The number of carbonyl (C=O) groups excluding carboxylic acids is 2. The van der Waals surface area contributed by atoms with Crippen molar-refractivity contribution in [3.05, 3.63) is 59.7 Å². The minimum atomic E-state index is -0.493. The number of ether oxygens (including phenoxy) is 1. The molecule has 0 aliphatic rings. The summed E-state index contributed by atoms with van der Waals surface area (Å²) in [7, 11) is 3.05. The largest absolute Gasteiger partial charge is 0.465 e. The smallest absolute Gasteiger partial charge is 0.339 e. The minimum absolute atomic E-state index is 0.295. The molecule has 2 N–H and O–H groups in total. The van der Waals surface area contributed by atoms with E-state index in [9.17, 15) is 9.59 Å². The third-order valence-electron chi connectivity index (χ3n) is 3.02. The lowest BCUT2D eigenvalue weighted by Crippen LogP contribution is -2.16. The molecule has 0 radical (unpaired) electrons. The third-order valence-corrected chi connectivity index (χ3v) is 3.02. The molecule has 2 rings (SSSR count). The zero-order valence-electron chi connectivity index (χ0n) is 11.8. The van der Waals surface area contributed by atoms with Crippen LogP contribution in [0.15, 0.2) is 48.5 Å². The van der Waals surface area contributed by atoms with Gasteiger partial charge in [0.2, 0.25) is 0 Å². The Kier molecular flexibility index (Phi) is 4.56. The van der Waals surface area contributed by atoms with Crippen LogP contribution in [0.1, 0.15) is 20.7 Å². The number of anilines is 2. The average Bonchev–Trinajstić information content (AvgIpc) is 2.54. The maximum absolute atomic E-state index is 12.4. The molecule has 0 aliphatic carbocycles. The molecule has 0 saturated carbocycles. The highest BCUT2D eigenvalue weighted by atomic mass is 16.5. The normalized spacial score (nSPS) is 9.81. The second-order valence-corrected chi connectivity index (χ2v) is 4.29. The van der Waals surface area contributed by atoms with E-state index in [2.05, 4.69) is 10.6 Å². The maximum Gasteiger partial charge on any atom is 0.339 e. The summed E-state index contributed by atoms with van der Waals surface area (Å²) in [4.78, 5) is 24.0. The summed E-state index contributed by atoms with van der Waals surface area (Å²) in [6.45, 7) is 0. The number of benzene rings is 2. The average molecular weight is 284 g/mol. The number of amides is 1. The Morgan fingerprint density at radius 1 is 0.905 bits per heavy atom. The molecule has 21 heavy (non-hydrogen) atoms. The molecule has 108 valence electrons. The Bertz CT molecular complexity index is 668. The van der Waals surface area contributed by atoms with Crippen LogP contribution in [0.3, 0.4) is 0 Å². The lowest BCUT2D eigenvalue weighted by Gasteiger charge is -2.12. The van der Waals surface area contributed by atoms with Crippen LogP contribution in [0.2, 0.25) is 0 Å². The first kappa shape index (κ1) is 14.6. The molecule has 5 nitrogen and oxygen atoms in total. The van der Waals surface area contributed by atoms with E-state index < -0.39 is 5.97 Å². The fourth-order valence-electron chi connectivity index (χ4n) is 1.97. The van der Waals surface area contributed by atoms with Gasteiger partial charge in [-0.1, -0.05) is 24.3 Å². The summed E-state index contributed by atoms with van der Waals surface area (Å²) in [5.41, 5.74) is 1.95. The molecule has 0 atom stereocenters. The number of para-hydroxylation sites is 2. The molecule has 0 unspecified atom stereocenters. The lowest BCUT2D eigenvalue weighted by molar-refractivity contribution is 0.0602. The summed E-state index contributed by atoms with van der Waals surface area (Å²) in [5.74, 6) is -0.788. The van der Waals surface area contributed by atoms with Crippen molar-refractivity contribution in [1.82, 2.24) is 0 Å².